The van der Waals surface area contributed by atoms with Gasteiger partial charge in [0.1, 0.15) is 5.69 Å². The molecule has 3 nitrogen and oxygen atoms in total. The Morgan fingerprint density at radius 1 is 1.41 bits per heavy atom. The fraction of sp³-hybridized carbons (Fsp3) is 0.308. The van der Waals surface area contributed by atoms with Gasteiger partial charge in [0.2, 0.25) is 0 Å². The SMILES string of the molecule is O=C(O)c1cc2cc(Br)ccc2n1CC1CC1. The van der Waals surface area contributed by atoms with E-state index in [2.05, 4.69) is 15.9 Å². The van der Waals surface area contributed by atoms with Crippen LogP contribution in [0, 0.1) is 5.92 Å². The van der Waals surface area contributed by atoms with Gasteiger partial charge < -0.3 is 9.67 Å². The van der Waals surface area contributed by atoms with Crippen LogP contribution in [0.3, 0.4) is 0 Å². The van der Waals surface area contributed by atoms with Crippen molar-refractivity contribution in [2.75, 3.05) is 0 Å². The first-order chi connectivity index (χ1) is 8.15. The number of benzene rings is 1. The number of aromatic carboxylic acids is 1. The minimum absolute atomic E-state index is 0.394. The van der Waals surface area contributed by atoms with Gasteiger partial charge in [0.15, 0.2) is 0 Å². The maximum absolute atomic E-state index is 11.2. The van der Waals surface area contributed by atoms with Crippen LogP contribution in [0.1, 0.15) is 23.3 Å². The number of rotatable bonds is 3. The molecule has 1 fully saturated rings. The molecule has 1 aromatic carbocycles. The average Bonchev–Trinajstić information content (AvgIpc) is 3.00. The van der Waals surface area contributed by atoms with Crippen molar-refractivity contribution in [2.45, 2.75) is 19.4 Å². The third-order valence-corrected chi connectivity index (χ3v) is 3.71. The van der Waals surface area contributed by atoms with E-state index in [0.717, 1.165) is 21.9 Å². The zero-order valence-corrected chi connectivity index (χ0v) is 10.8. The molecule has 2 aromatic rings. The van der Waals surface area contributed by atoms with Crippen LogP contribution in [0.2, 0.25) is 0 Å². The molecule has 1 aliphatic rings. The fourth-order valence-corrected chi connectivity index (χ4v) is 2.55. The molecule has 17 heavy (non-hydrogen) atoms. The minimum atomic E-state index is -0.849. The summed E-state index contributed by atoms with van der Waals surface area (Å²) in [5.41, 5.74) is 1.41. The fourth-order valence-electron chi connectivity index (χ4n) is 2.17. The first-order valence-electron chi connectivity index (χ1n) is 5.67. The summed E-state index contributed by atoms with van der Waals surface area (Å²) in [6.07, 6.45) is 2.44. The van der Waals surface area contributed by atoms with Crippen molar-refractivity contribution >= 4 is 32.8 Å². The summed E-state index contributed by atoms with van der Waals surface area (Å²) < 4.78 is 2.91. The highest BCUT2D eigenvalue weighted by Crippen LogP contribution is 2.33. The molecule has 0 spiro atoms. The van der Waals surface area contributed by atoms with Gasteiger partial charge >= 0.3 is 5.97 Å². The van der Waals surface area contributed by atoms with Crippen molar-refractivity contribution in [3.05, 3.63) is 34.4 Å². The molecule has 0 radical (unpaired) electrons. The molecular weight excluding hydrogens is 282 g/mol. The van der Waals surface area contributed by atoms with E-state index in [1.54, 1.807) is 6.07 Å². The standard InChI is InChI=1S/C13H12BrNO2/c14-10-3-4-11-9(5-10)6-12(13(16)17)15(11)7-8-1-2-8/h3-6,8H,1-2,7H2,(H,16,17). The summed E-state index contributed by atoms with van der Waals surface area (Å²) in [6, 6.07) is 7.65. The van der Waals surface area contributed by atoms with E-state index in [0.29, 0.717) is 11.6 Å². The molecule has 4 heteroatoms. The number of carbonyl (C=O) groups is 1. The lowest BCUT2D eigenvalue weighted by Crippen LogP contribution is -2.09. The van der Waals surface area contributed by atoms with Crippen molar-refractivity contribution in [2.24, 2.45) is 5.92 Å². The van der Waals surface area contributed by atoms with Crippen molar-refractivity contribution in [3.8, 4) is 0 Å². The normalized spacial score (nSPS) is 15.4. The van der Waals surface area contributed by atoms with Crippen LogP contribution in [-0.4, -0.2) is 15.6 Å². The van der Waals surface area contributed by atoms with Crippen LogP contribution in [0.15, 0.2) is 28.7 Å². The van der Waals surface area contributed by atoms with Gasteiger partial charge in [-0.3, -0.25) is 0 Å². The largest absolute Gasteiger partial charge is 0.477 e. The molecule has 1 N–H and O–H groups in total. The number of carboxylic acids is 1. The van der Waals surface area contributed by atoms with Crippen molar-refractivity contribution in [1.82, 2.24) is 4.57 Å². The van der Waals surface area contributed by atoms with Gasteiger partial charge in [0, 0.05) is 21.9 Å². The highest BCUT2D eigenvalue weighted by molar-refractivity contribution is 9.10. The maximum Gasteiger partial charge on any atom is 0.352 e. The molecule has 1 aliphatic carbocycles. The van der Waals surface area contributed by atoms with Crippen LogP contribution in [-0.2, 0) is 6.54 Å². The topological polar surface area (TPSA) is 42.2 Å². The van der Waals surface area contributed by atoms with Crippen molar-refractivity contribution < 1.29 is 9.90 Å². The van der Waals surface area contributed by atoms with Crippen LogP contribution in [0.25, 0.3) is 10.9 Å². The predicted octanol–water partition coefficient (Wildman–Crippen LogP) is 3.51. The van der Waals surface area contributed by atoms with E-state index in [1.807, 2.05) is 22.8 Å². The molecule has 1 saturated carbocycles. The lowest BCUT2D eigenvalue weighted by molar-refractivity contribution is 0.0685. The summed E-state index contributed by atoms with van der Waals surface area (Å²) in [5, 5.41) is 10.2. The Bertz CT molecular complexity index is 599. The Labute approximate surface area is 107 Å². The quantitative estimate of drug-likeness (QED) is 0.941. The Kier molecular flexibility index (Phi) is 2.47. The first kappa shape index (κ1) is 10.8. The average molecular weight is 294 g/mol. The summed E-state index contributed by atoms with van der Waals surface area (Å²) in [4.78, 5) is 11.2. The number of fused-ring (bicyclic) bond motifs is 1. The highest BCUT2D eigenvalue weighted by atomic mass is 79.9. The molecule has 0 unspecified atom stereocenters. The second-order valence-electron chi connectivity index (χ2n) is 4.59. The molecule has 1 heterocycles. The van der Waals surface area contributed by atoms with E-state index in [-0.39, 0.29) is 0 Å². The third-order valence-electron chi connectivity index (χ3n) is 3.22. The van der Waals surface area contributed by atoms with E-state index in [9.17, 15) is 9.90 Å². The van der Waals surface area contributed by atoms with Gasteiger partial charge in [-0.2, -0.15) is 0 Å². The van der Waals surface area contributed by atoms with Gasteiger partial charge in [-0.25, -0.2) is 4.79 Å². The number of hydrogen-bond donors (Lipinski definition) is 1. The van der Waals surface area contributed by atoms with Crippen LogP contribution >= 0.6 is 15.9 Å². The van der Waals surface area contributed by atoms with Gasteiger partial charge in [-0.1, -0.05) is 15.9 Å². The summed E-state index contributed by atoms with van der Waals surface area (Å²) in [5.74, 6) is -0.190. The van der Waals surface area contributed by atoms with E-state index in [1.165, 1.54) is 12.8 Å². The van der Waals surface area contributed by atoms with Gasteiger partial charge in [0.05, 0.1) is 0 Å². The van der Waals surface area contributed by atoms with Gasteiger partial charge in [-0.15, -0.1) is 0 Å². The molecule has 0 bridgehead atoms. The second kappa shape index (κ2) is 3.88. The zero-order valence-electron chi connectivity index (χ0n) is 9.19. The molecule has 1 aromatic heterocycles. The van der Waals surface area contributed by atoms with Gasteiger partial charge in [-0.05, 0) is 43.0 Å². The van der Waals surface area contributed by atoms with Crippen LogP contribution in [0.5, 0.6) is 0 Å². The van der Waals surface area contributed by atoms with Gasteiger partial charge in [0.25, 0.3) is 0 Å². The zero-order chi connectivity index (χ0) is 12.0. The molecule has 88 valence electrons. The molecule has 0 saturated heterocycles. The number of hydrogen-bond acceptors (Lipinski definition) is 1. The Morgan fingerprint density at radius 2 is 2.18 bits per heavy atom. The highest BCUT2D eigenvalue weighted by Gasteiger charge is 2.25. The molecule has 3 rings (SSSR count). The summed E-state index contributed by atoms with van der Waals surface area (Å²) in [7, 11) is 0. The summed E-state index contributed by atoms with van der Waals surface area (Å²) >= 11 is 3.41. The Morgan fingerprint density at radius 3 is 2.82 bits per heavy atom. The second-order valence-corrected chi connectivity index (χ2v) is 5.51. The Hall–Kier alpha value is -1.29. The van der Waals surface area contributed by atoms with Crippen molar-refractivity contribution in [3.63, 3.8) is 0 Å². The predicted molar refractivity (Wildman–Crippen MR) is 69.3 cm³/mol. The lowest BCUT2D eigenvalue weighted by atomic mass is 10.2. The molecular formula is C13H12BrNO2. The smallest absolute Gasteiger partial charge is 0.352 e. The molecule has 0 aliphatic heterocycles. The number of carboxylic acid groups (broad SMARTS) is 1. The molecule has 0 amide bonds. The minimum Gasteiger partial charge on any atom is -0.477 e. The number of halogens is 1. The lowest BCUT2D eigenvalue weighted by Gasteiger charge is -2.06. The van der Waals surface area contributed by atoms with E-state index in [4.69, 9.17) is 0 Å². The van der Waals surface area contributed by atoms with E-state index >= 15 is 0 Å². The summed E-state index contributed by atoms with van der Waals surface area (Å²) in [6.45, 7) is 0.826. The van der Waals surface area contributed by atoms with Crippen molar-refractivity contribution in [1.29, 1.82) is 0 Å². The van der Waals surface area contributed by atoms with E-state index < -0.39 is 5.97 Å². The third kappa shape index (κ3) is 1.97. The Balaban J connectivity index is 2.18. The first-order valence-corrected chi connectivity index (χ1v) is 6.46. The molecule has 0 atom stereocenters. The van der Waals surface area contributed by atoms with Crippen LogP contribution in [0.4, 0.5) is 0 Å². The van der Waals surface area contributed by atoms with Crippen LogP contribution < -0.4 is 0 Å². The number of nitrogens with zero attached hydrogens (tertiary/aromatic N) is 1. The maximum atomic E-state index is 11.2. The number of aromatic nitrogens is 1. The monoisotopic (exact) mass is 293 g/mol.